The molecule has 2 N–H and O–H groups in total. The Morgan fingerprint density at radius 2 is 1.85 bits per heavy atom. The molecule has 26 heavy (non-hydrogen) atoms. The Kier molecular flexibility index (Phi) is 5.46. The number of nitrogens with zero attached hydrogens (tertiary/aromatic N) is 2. The van der Waals surface area contributed by atoms with Gasteiger partial charge in [-0.2, -0.15) is 0 Å². The zero-order valence-corrected chi connectivity index (χ0v) is 14.9. The SMILES string of the molecule is COc1ccc([N+](=O)[O-])cc1N(CC(N)=O)S(=O)(=O)c1ccc(C)cc1. The van der Waals surface area contributed by atoms with Crippen LogP contribution in [0.25, 0.3) is 0 Å². The van der Waals surface area contributed by atoms with Crippen LogP contribution in [0.2, 0.25) is 0 Å². The van der Waals surface area contributed by atoms with Crippen molar-refractivity contribution in [1.29, 1.82) is 0 Å². The summed E-state index contributed by atoms with van der Waals surface area (Å²) in [5.74, 6) is -0.873. The zero-order valence-electron chi connectivity index (χ0n) is 14.1. The predicted octanol–water partition coefficient (Wildman–Crippen LogP) is 1.59. The van der Waals surface area contributed by atoms with Crippen LogP contribution in [-0.4, -0.2) is 32.9 Å². The highest BCUT2D eigenvalue weighted by Crippen LogP contribution is 2.35. The van der Waals surface area contributed by atoms with Crippen molar-refractivity contribution in [3.05, 3.63) is 58.1 Å². The van der Waals surface area contributed by atoms with Crippen LogP contribution in [0.15, 0.2) is 47.4 Å². The minimum atomic E-state index is -4.21. The van der Waals surface area contributed by atoms with Crippen molar-refractivity contribution >= 4 is 27.3 Å². The molecule has 0 aromatic heterocycles. The second-order valence-electron chi connectivity index (χ2n) is 5.40. The molecule has 138 valence electrons. The monoisotopic (exact) mass is 379 g/mol. The molecule has 1 amide bonds. The number of primary amides is 1. The maximum absolute atomic E-state index is 13.0. The molecule has 0 fully saturated rings. The van der Waals surface area contributed by atoms with Gasteiger partial charge in [-0.15, -0.1) is 0 Å². The second-order valence-corrected chi connectivity index (χ2v) is 7.27. The molecule has 0 heterocycles. The summed E-state index contributed by atoms with van der Waals surface area (Å²) in [5, 5.41) is 11.1. The van der Waals surface area contributed by atoms with Gasteiger partial charge in [0, 0.05) is 12.1 Å². The van der Waals surface area contributed by atoms with Gasteiger partial charge in [0.15, 0.2) is 0 Å². The van der Waals surface area contributed by atoms with Gasteiger partial charge in [0.25, 0.3) is 15.7 Å². The molecule has 0 aliphatic heterocycles. The smallest absolute Gasteiger partial charge is 0.271 e. The van der Waals surface area contributed by atoms with E-state index in [1.54, 1.807) is 19.1 Å². The lowest BCUT2D eigenvalue weighted by Gasteiger charge is -2.24. The molecular weight excluding hydrogens is 362 g/mol. The van der Waals surface area contributed by atoms with Crippen LogP contribution in [0.3, 0.4) is 0 Å². The number of rotatable bonds is 7. The molecular formula is C16H17N3O6S. The first kappa shape index (κ1) is 19.2. The van der Waals surface area contributed by atoms with Crippen LogP contribution in [0, 0.1) is 17.0 Å². The van der Waals surface area contributed by atoms with Crippen molar-refractivity contribution in [2.75, 3.05) is 18.0 Å². The number of carbonyl (C=O) groups is 1. The van der Waals surface area contributed by atoms with E-state index in [0.717, 1.165) is 11.6 Å². The summed E-state index contributed by atoms with van der Waals surface area (Å²) >= 11 is 0. The van der Waals surface area contributed by atoms with Crippen molar-refractivity contribution in [3.63, 3.8) is 0 Å². The average Bonchev–Trinajstić information content (AvgIpc) is 2.59. The fourth-order valence-corrected chi connectivity index (χ4v) is 3.70. The lowest BCUT2D eigenvalue weighted by atomic mass is 10.2. The summed E-state index contributed by atoms with van der Waals surface area (Å²) in [7, 11) is -2.93. The Balaban J connectivity index is 2.68. The average molecular weight is 379 g/mol. The maximum atomic E-state index is 13.0. The first-order valence-corrected chi connectivity index (χ1v) is 8.81. The fraction of sp³-hybridized carbons (Fsp3) is 0.188. The number of methoxy groups -OCH3 is 1. The molecule has 10 heteroatoms. The van der Waals surface area contributed by atoms with E-state index in [1.165, 1.54) is 31.4 Å². The van der Waals surface area contributed by atoms with E-state index in [1.807, 2.05) is 0 Å². The van der Waals surface area contributed by atoms with E-state index < -0.39 is 27.4 Å². The molecule has 0 bridgehead atoms. The van der Waals surface area contributed by atoms with E-state index in [-0.39, 0.29) is 22.0 Å². The van der Waals surface area contributed by atoms with E-state index in [0.29, 0.717) is 4.31 Å². The Morgan fingerprint density at radius 1 is 1.23 bits per heavy atom. The fourth-order valence-electron chi connectivity index (χ4n) is 2.27. The highest BCUT2D eigenvalue weighted by molar-refractivity contribution is 7.92. The first-order valence-electron chi connectivity index (χ1n) is 7.37. The van der Waals surface area contributed by atoms with E-state index in [2.05, 4.69) is 0 Å². The van der Waals surface area contributed by atoms with Crippen LogP contribution in [0.1, 0.15) is 5.56 Å². The van der Waals surface area contributed by atoms with Gasteiger partial charge in [-0.05, 0) is 25.1 Å². The van der Waals surface area contributed by atoms with Crippen molar-refractivity contribution in [2.24, 2.45) is 5.73 Å². The first-order chi connectivity index (χ1) is 12.2. The van der Waals surface area contributed by atoms with Gasteiger partial charge in [0.2, 0.25) is 5.91 Å². The van der Waals surface area contributed by atoms with Crippen molar-refractivity contribution in [1.82, 2.24) is 0 Å². The number of benzene rings is 2. The minimum Gasteiger partial charge on any atom is -0.495 e. The maximum Gasteiger partial charge on any atom is 0.271 e. The van der Waals surface area contributed by atoms with Gasteiger partial charge >= 0.3 is 0 Å². The number of aryl methyl sites for hydroxylation is 1. The number of anilines is 1. The number of nitrogens with two attached hydrogens (primary N) is 1. The van der Waals surface area contributed by atoms with Crippen LogP contribution >= 0.6 is 0 Å². The topological polar surface area (TPSA) is 133 Å². The number of carbonyl (C=O) groups excluding carboxylic acids is 1. The molecule has 0 spiro atoms. The number of nitro groups is 1. The van der Waals surface area contributed by atoms with Crippen LogP contribution in [-0.2, 0) is 14.8 Å². The van der Waals surface area contributed by atoms with Gasteiger partial charge in [-0.3, -0.25) is 19.2 Å². The summed E-state index contributed by atoms with van der Waals surface area (Å²) in [5.41, 5.74) is 5.54. The molecule has 0 unspecified atom stereocenters. The normalized spacial score (nSPS) is 11.0. The minimum absolute atomic E-state index is 0.0486. The van der Waals surface area contributed by atoms with Crippen LogP contribution < -0.4 is 14.8 Å². The highest BCUT2D eigenvalue weighted by Gasteiger charge is 2.30. The van der Waals surface area contributed by atoms with Crippen molar-refractivity contribution in [3.8, 4) is 5.75 Å². The van der Waals surface area contributed by atoms with Gasteiger partial charge < -0.3 is 10.5 Å². The predicted molar refractivity (Wildman–Crippen MR) is 94.6 cm³/mol. The second kappa shape index (κ2) is 7.40. The number of sulfonamides is 1. The molecule has 2 aromatic rings. The van der Waals surface area contributed by atoms with Crippen molar-refractivity contribution < 1.29 is 22.9 Å². The summed E-state index contributed by atoms with van der Waals surface area (Å²) in [6, 6.07) is 9.40. The number of ether oxygens (including phenoxy) is 1. The van der Waals surface area contributed by atoms with Crippen LogP contribution in [0.5, 0.6) is 5.75 Å². The third-order valence-electron chi connectivity index (χ3n) is 3.55. The Hall–Kier alpha value is -3.14. The Morgan fingerprint density at radius 3 is 2.35 bits per heavy atom. The number of amides is 1. The molecule has 2 rings (SSSR count). The number of nitro benzene ring substituents is 1. The molecule has 0 atom stereocenters. The number of non-ortho nitro benzene ring substituents is 1. The summed E-state index contributed by atoms with van der Waals surface area (Å²) in [4.78, 5) is 21.8. The van der Waals surface area contributed by atoms with E-state index in [4.69, 9.17) is 10.5 Å². The zero-order chi connectivity index (χ0) is 19.5. The highest BCUT2D eigenvalue weighted by atomic mass is 32.2. The van der Waals surface area contributed by atoms with Crippen molar-refractivity contribution in [2.45, 2.75) is 11.8 Å². The van der Waals surface area contributed by atoms with E-state index >= 15 is 0 Å². The molecule has 0 saturated heterocycles. The third kappa shape index (κ3) is 3.91. The number of hydrogen-bond acceptors (Lipinski definition) is 6. The molecule has 0 radical (unpaired) electrons. The lowest BCUT2D eigenvalue weighted by molar-refractivity contribution is -0.384. The van der Waals surface area contributed by atoms with Gasteiger partial charge in [0.05, 0.1) is 16.9 Å². The summed E-state index contributed by atoms with van der Waals surface area (Å²) in [6.07, 6.45) is 0. The molecule has 0 aliphatic carbocycles. The Bertz CT molecular complexity index is 941. The quantitative estimate of drug-likeness (QED) is 0.574. The molecule has 0 aliphatic rings. The number of hydrogen-bond donors (Lipinski definition) is 1. The third-order valence-corrected chi connectivity index (χ3v) is 5.32. The molecule has 2 aromatic carbocycles. The van der Waals surface area contributed by atoms with Gasteiger partial charge in [-0.1, -0.05) is 17.7 Å². The van der Waals surface area contributed by atoms with E-state index in [9.17, 15) is 23.3 Å². The Labute approximate surface area is 150 Å². The largest absolute Gasteiger partial charge is 0.495 e. The van der Waals surface area contributed by atoms with Gasteiger partial charge in [0.1, 0.15) is 18.0 Å². The summed E-state index contributed by atoms with van der Waals surface area (Å²) < 4.78 is 31.9. The summed E-state index contributed by atoms with van der Waals surface area (Å²) in [6.45, 7) is 1.09. The van der Waals surface area contributed by atoms with Gasteiger partial charge in [-0.25, -0.2) is 8.42 Å². The van der Waals surface area contributed by atoms with Crippen LogP contribution in [0.4, 0.5) is 11.4 Å². The standard InChI is InChI=1S/C16H17N3O6S/c1-11-3-6-13(7-4-11)26(23,24)18(10-16(17)20)14-9-12(19(21)22)5-8-15(14)25-2/h3-9H,10H2,1-2H3,(H2,17,20). The molecule has 0 saturated carbocycles. The molecule has 9 nitrogen and oxygen atoms in total. The lowest BCUT2D eigenvalue weighted by Crippen LogP contribution is -2.38.